The zero-order valence-corrected chi connectivity index (χ0v) is 12.9. The fourth-order valence-corrected chi connectivity index (χ4v) is 4.21. The first-order chi connectivity index (χ1) is 9.78. The topological polar surface area (TPSA) is 12.0 Å². The van der Waals surface area contributed by atoms with E-state index in [-0.39, 0.29) is 0 Å². The summed E-state index contributed by atoms with van der Waals surface area (Å²) in [6.07, 6.45) is 1.16. The second kappa shape index (κ2) is 6.02. The van der Waals surface area contributed by atoms with Crippen LogP contribution in [0.25, 0.3) is 0 Å². The zero-order chi connectivity index (χ0) is 13.9. The Kier molecular flexibility index (Phi) is 4.13. The zero-order valence-electron chi connectivity index (χ0n) is 12.1. The summed E-state index contributed by atoms with van der Waals surface area (Å²) < 4.78 is 0. The molecule has 0 amide bonds. The standard InChI is InChI=1S/C18H21NS/c1-3-19-18-16-7-5-4-6-14(16)12-17(18)20-15-10-8-13(2)9-11-15/h4-11,17-19H,3,12H2,1-2H3. The van der Waals surface area contributed by atoms with Gasteiger partial charge in [-0.3, -0.25) is 0 Å². The van der Waals surface area contributed by atoms with Crippen molar-refractivity contribution in [2.24, 2.45) is 0 Å². The summed E-state index contributed by atoms with van der Waals surface area (Å²) in [4.78, 5) is 1.37. The highest BCUT2D eigenvalue weighted by molar-refractivity contribution is 8.00. The van der Waals surface area contributed by atoms with Crippen molar-refractivity contribution in [2.45, 2.75) is 36.5 Å². The van der Waals surface area contributed by atoms with Gasteiger partial charge in [-0.25, -0.2) is 0 Å². The molecule has 2 unspecified atom stereocenters. The maximum Gasteiger partial charge on any atom is 0.0450 e. The van der Waals surface area contributed by atoms with E-state index in [0.29, 0.717) is 11.3 Å². The van der Waals surface area contributed by atoms with Crippen LogP contribution in [0.3, 0.4) is 0 Å². The van der Waals surface area contributed by atoms with Gasteiger partial charge in [0.25, 0.3) is 0 Å². The highest BCUT2D eigenvalue weighted by Crippen LogP contribution is 2.41. The van der Waals surface area contributed by atoms with Gasteiger partial charge < -0.3 is 5.32 Å². The van der Waals surface area contributed by atoms with Crippen LogP contribution in [0.2, 0.25) is 0 Å². The SMILES string of the molecule is CCNC1c2ccccc2CC1Sc1ccc(C)cc1. The Labute approximate surface area is 125 Å². The highest BCUT2D eigenvalue weighted by Gasteiger charge is 2.32. The number of fused-ring (bicyclic) bond motifs is 1. The Morgan fingerprint density at radius 1 is 1.10 bits per heavy atom. The van der Waals surface area contributed by atoms with Crippen LogP contribution in [-0.2, 0) is 6.42 Å². The first kappa shape index (κ1) is 13.7. The van der Waals surface area contributed by atoms with E-state index in [4.69, 9.17) is 0 Å². The van der Waals surface area contributed by atoms with E-state index in [1.807, 2.05) is 11.8 Å². The van der Waals surface area contributed by atoms with Gasteiger partial charge >= 0.3 is 0 Å². The number of nitrogens with one attached hydrogen (secondary N) is 1. The van der Waals surface area contributed by atoms with E-state index in [9.17, 15) is 0 Å². The van der Waals surface area contributed by atoms with E-state index >= 15 is 0 Å². The molecule has 104 valence electrons. The monoisotopic (exact) mass is 283 g/mol. The molecule has 0 radical (unpaired) electrons. The van der Waals surface area contributed by atoms with Crippen molar-refractivity contribution >= 4 is 11.8 Å². The van der Waals surface area contributed by atoms with Gasteiger partial charge in [-0.05, 0) is 43.1 Å². The van der Waals surface area contributed by atoms with E-state index in [1.54, 1.807) is 0 Å². The summed E-state index contributed by atoms with van der Waals surface area (Å²) in [7, 11) is 0. The fourth-order valence-electron chi connectivity index (χ4n) is 2.92. The number of aryl methyl sites for hydroxylation is 1. The molecule has 0 fully saturated rings. The average molecular weight is 283 g/mol. The van der Waals surface area contributed by atoms with Crippen LogP contribution in [-0.4, -0.2) is 11.8 Å². The molecule has 0 saturated carbocycles. The van der Waals surface area contributed by atoms with Gasteiger partial charge in [0.15, 0.2) is 0 Å². The largest absolute Gasteiger partial charge is 0.309 e. The van der Waals surface area contributed by atoms with Crippen LogP contribution < -0.4 is 5.32 Å². The van der Waals surface area contributed by atoms with Gasteiger partial charge in [-0.2, -0.15) is 0 Å². The molecule has 2 heteroatoms. The molecular formula is C18H21NS. The summed E-state index contributed by atoms with van der Waals surface area (Å²) in [6.45, 7) is 5.35. The molecular weight excluding hydrogens is 262 g/mol. The van der Waals surface area contributed by atoms with Crippen LogP contribution in [0.4, 0.5) is 0 Å². The van der Waals surface area contributed by atoms with Crippen molar-refractivity contribution in [2.75, 3.05) is 6.54 Å². The highest BCUT2D eigenvalue weighted by atomic mass is 32.2. The van der Waals surface area contributed by atoms with E-state index in [1.165, 1.54) is 21.6 Å². The number of rotatable bonds is 4. The summed E-state index contributed by atoms with van der Waals surface area (Å²) in [5.74, 6) is 0. The first-order valence-electron chi connectivity index (χ1n) is 7.32. The van der Waals surface area contributed by atoms with Crippen molar-refractivity contribution in [1.29, 1.82) is 0 Å². The molecule has 2 aromatic rings. The Morgan fingerprint density at radius 3 is 2.60 bits per heavy atom. The third-order valence-electron chi connectivity index (χ3n) is 3.92. The summed E-state index contributed by atoms with van der Waals surface area (Å²) >= 11 is 2.00. The molecule has 0 aromatic heterocycles. The van der Waals surface area contributed by atoms with E-state index < -0.39 is 0 Å². The van der Waals surface area contributed by atoms with Gasteiger partial charge in [-0.15, -0.1) is 11.8 Å². The molecule has 0 saturated heterocycles. The van der Waals surface area contributed by atoms with Crippen molar-refractivity contribution < 1.29 is 0 Å². The van der Waals surface area contributed by atoms with Crippen LogP contribution in [0.1, 0.15) is 29.7 Å². The number of benzene rings is 2. The smallest absolute Gasteiger partial charge is 0.0450 e. The lowest BCUT2D eigenvalue weighted by Gasteiger charge is -2.21. The minimum Gasteiger partial charge on any atom is -0.309 e. The molecule has 0 spiro atoms. The lowest BCUT2D eigenvalue weighted by molar-refractivity contribution is 0.560. The molecule has 0 aliphatic heterocycles. The Bertz CT molecular complexity index is 576. The molecule has 2 aromatic carbocycles. The van der Waals surface area contributed by atoms with Crippen molar-refractivity contribution in [1.82, 2.24) is 5.32 Å². The molecule has 0 heterocycles. The first-order valence-corrected chi connectivity index (χ1v) is 8.20. The molecule has 0 bridgehead atoms. The van der Waals surface area contributed by atoms with Crippen LogP contribution in [0.15, 0.2) is 53.4 Å². The van der Waals surface area contributed by atoms with Gasteiger partial charge in [0, 0.05) is 16.2 Å². The lowest BCUT2D eigenvalue weighted by Crippen LogP contribution is -2.26. The minimum absolute atomic E-state index is 0.475. The maximum atomic E-state index is 3.66. The van der Waals surface area contributed by atoms with Crippen molar-refractivity contribution in [3.8, 4) is 0 Å². The number of hydrogen-bond acceptors (Lipinski definition) is 2. The van der Waals surface area contributed by atoms with E-state index in [0.717, 1.165) is 13.0 Å². The third-order valence-corrected chi connectivity index (χ3v) is 5.20. The van der Waals surface area contributed by atoms with Gasteiger partial charge in [0.1, 0.15) is 0 Å². The summed E-state index contributed by atoms with van der Waals surface area (Å²) in [6, 6.07) is 18.2. The second-order valence-corrected chi connectivity index (χ2v) is 6.72. The third kappa shape index (κ3) is 2.77. The molecule has 3 rings (SSSR count). The van der Waals surface area contributed by atoms with Crippen LogP contribution >= 0.6 is 11.8 Å². The van der Waals surface area contributed by atoms with Crippen molar-refractivity contribution in [3.05, 3.63) is 65.2 Å². The van der Waals surface area contributed by atoms with Gasteiger partial charge in [0.2, 0.25) is 0 Å². The number of thioether (sulfide) groups is 1. The number of hydrogen-bond donors (Lipinski definition) is 1. The predicted molar refractivity (Wildman–Crippen MR) is 87.4 cm³/mol. The Hall–Kier alpha value is -1.25. The summed E-state index contributed by atoms with van der Waals surface area (Å²) in [5, 5.41) is 4.25. The second-order valence-electron chi connectivity index (χ2n) is 5.41. The normalized spacial score (nSPS) is 20.9. The minimum atomic E-state index is 0.475. The van der Waals surface area contributed by atoms with E-state index in [2.05, 4.69) is 67.7 Å². The molecule has 20 heavy (non-hydrogen) atoms. The maximum absolute atomic E-state index is 3.66. The van der Waals surface area contributed by atoms with Crippen molar-refractivity contribution in [3.63, 3.8) is 0 Å². The molecule has 1 aliphatic rings. The van der Waals surface area contributed by atoms with Crippen LogP contribution in [0, 0.1) is 6.92 Å². The molecule has 1 aliphatic carbocycles. The Morgan fingerprint density at radius 2 is 1.85 bits per heavy atom. The lowest BCUT2D eigenvalue weighted by atomic mass is 10.1. The predicted octanol–water partition coefficient (Wildman–Crippen LogP) is 4.36. The molecule has 2 atom stereocenters. The van der Waals surface area contributed by atoms with Crippen LogP contribution in [0.5, 0.6) is 0 Å². The molecule has 1 N–H and O–H groups in total. The fraction of sp³-hybridized carbons (Fsp3) is 0.333. The Balaban J connectivity index is 1.81. The average Bonchev–Trinajstić information content (AvgIpc) is 2.80. The van der Waals surface area contributed by atoms with Gasteiger partial charge in [0.05, 0.1) is 0 Å². The summed E-state index contributed by atoms with van der Waals surface area (Å²) in [5.41, 5.74) is 4.31. The van der Waals surface area contributed by atoms with Gasteiger partial charge in [-0.1, -0.05) is 48.9 Å². The molecule has 1 nitrogen and oxygen atoms in total. The quantitative estimate of drug-likeness (QED) is 0.894.